The topological polar surface area (TPSA) is 109 Å². The molecule has 0 aromatic rings. The van der Waals surface area contributed by atoms with Crippen molar-refractivity contribution in [3.8, 4) is 0 Å². The molecule has 15 heteroatoms. The van der Waals surface area contributed by atoms with Gasteiger partial charge in [-0.15, -0.1) is 0 Å². The molecule has 5 aliphatic carbocycles. The van der Waals surface area contributed by atoms with Gasteiger partial charge in [0.1, 0.15) is 0 Å². The van der Waals surface area contributed by atoms with Crippen molar-refractivity contribution in [3.63, 3.8) is 0 Å². The first-order valence-electron chi connectivity index (χ1n) is 25.5. The summed E-state index contributed by atoms with van der Waals surface area (Å²) in [6.45, 7) is 12.2. The van der Waals surface area contributed by atoms with E-state index < -0.39 is 42.8 Å². The van der Waals surface area contributed by atoms with Crippen LogP contribution in [0.25, 0.3) is 0 Å². The van der Waals surface area contributed by atoms with Gasteiger partial charge in [-0.05, 0) is 221 Å². The molecule has 60 heavy (non-hydrogen) atoms. The van der Waals surface area contributed by atoms with Crippen molar-refractivity contribution in [1.82, 2.24) is 0 Å². The maximum Gasteiger partial charge on any atom is 0.317 e. The van der Waals surface area contributed by atoms with Crippen molar-refractivity contribution in [2.75, 3.05) is 0 Å². The van der Waals surface area contributed by atoms with Gasteiger partial charge in [0.05, 0.1) is 61.0 Å². The minimum absolute atomic E-state index is 0.491. The molecule has 6 saturated heterocycles. The van der Waals surface area contributed by atoms with E-state index >= 15 is 0 Å². The smallest absolute Gasteiger partial charge is 0.317 e. The van der Waals surface area contributed by atoms with Crippen LogP contribution in [-0.2, 0) is 44.3 Å². The van der Waals surface area contributed by atoms with E-state index in [0.29, 0.717) is 90.6 Å². The second-order valence-electron chi connectivity index (χ2n) is 23.3. The average molecular weight is 922 g/mol. The van der Waals surface area contributed by atoms with E-state index in [-0.39, 0.29) is 0 Å². The SMILES string of the molecule is C[Si]1(CCC2CCC3OC3C2)O[Si](C)(CCC2CCC3OC3C2)O[Si](C)(CCC2CCC3OC3C2)O[Si](C)(CCC2CCC3O[C@H]3C2)O[Si](C)(CCC2CCC3OC3C2)O1. The van der Waals surface area contributed by atoms with Gasteiger partial charge in [0.15, 0.2) is 0 Å². The number of fused-ring (bicyclic) bond motifs is 5. The van der Waals surface area contributed by atoms with E-state index in [2.05, 4.69) is 32.7 Å². The maximum atomic E-state index is 7.96. The standard InChI is InChI=1S/C45H80O10Si5/c1-56(21-16-31-6-11-36-41(26-31)46-36)51-57(2,22-17-32-7-12-37-42(27-32)47-37)53-59(4,24-19-34-9-14-39-44(29-34)49-39)55-60(5,25-20-35-10-15-40-45(30-35)50-40)54-58(3,52-56)23-18-33-8-13-38-43(28-33)48-38/h31-45H,6-30H2,1-5H3/t31?,32?,33?,34?,35?,36?,37?,38?,39?,40?,41-,42?,43?,44?,45?,56?,57?,58?,59?,60?/m0/s1. The fraction of sp³-hybridized carbons (Fsp3) is 1.00. The summed E-state index contributed by atoms with van der Waals surface area (Å²) in [5, 5.41) is 0. The Morgan fingerprint density at radius 2 is 0.450 bits per heavy atom. The van der Waals surface area contributed by atoms with Gasteiger partial charge in [0, 0.05) is 0 Å². The first-order valence-corrected chi connectivity index (χ1v) is 38.2. The molecule has 0 N–H and O–H groups in total. The molecular formula is C45H80O10Si5. The van der Waals surface area contributed by atoms with Crippen LogP contribution in [0.15, 0.2) is 0 Å². The van der Waals surface area contributed by atoms with Gasteiger partial charge in [-0.3, -0.25) is 0 Å². The molecule has 11 rings (SSSR count). The lowest BCUT2D eigenvalue weighted by molar-refractivity contribution is 0.211. The molecule has 340 valence electrons. The zero-order valence-electron chi connectivity index (χ0n) is 37.9. The van der Waals surface area contributed by atoms with E-state index in [1.807, 2.05) is 0 Å². The van der Waals surface area contributed by atoms with E-state index in [1.165, 1.54) is 96.3 Å². The Morgan fingerprint density at radius 3 is 0.617 bits per heavy atom. The number of hydrogen-bond acceptors (Lipinski definition) is 10. The Bertz CT molecular complexity index is 1280. The lowest BCUT2D eigenvalue weighted by Gasteiger charge is -2.51. The lowest BCUT2D eigenvalue weighted by atomic mass is 9.88. The van der Waals surface area contributed by atoms with Crippen molar-refractivity contribution in [2.45, 2.75) is 252 Å². The molecule has 11 aliphatic rings. The molecule has 19 atom stereocenters. The highest BCUT2D eigenvalue weighted by atomic mass is 28.5. The Balaban J connectivity index is 0.902. The molecule has 0 spiro atoms. The summed E-state index contributed by atoms with van der Waals surface area (Å²) in [7, 11) is -14.1. The molecule has 0 radical (unpaired) electrons. The molecule has 5 saturated carbocycles. The zero-order valence-corrected chi connectivity index (χ0v) is 42.9. The number of rotatable bonds is 15. The van der Waals surface area contributed by atoms with Gasteiger partial charge in [-0.2, -0.15) is 0 Å². The van der Waals surface area contributed by atoms with E-state index in [0.717, 1.165) is 62.3 Å². The summed E-state index contributed by atoms with van der Waals surface area (Å²) in [6, 6.07) is 5.08. The van der Waals surface area contributed by atoms with Crippen molar-refractivity contribution < 1.29 is 44.3 Å². The van der Waals surface area contributed by atoms with Crippen LogP contribution >= 0.6 is 0 Å². The van der Waals surface area contributed by atoms with Crippen molar-refractivity contribution >= 4 is 42.8 Å². The van der Waals surface area contributed by atoms with Crippen LogP contribution in [0.3, 0.4) is 0 Å². The molecule has 0 bridgehead atoms. The van der Waals surface area contributed by atoms with Gasteiger partial charge in [0.2, 0.25) is 0 Å². The highest BCUT2D eigenvalue weighted by Crippen LogP contribution is 2.49. The molecule has 6 aliphatic heterocycles. The summed E-state index contributed by atoms with van der Waals surface area (Å²) in [4.78, 5) is 0. The quantitative estimate of drug-likeness (QED) is 0.116. The van der Waals surface area contributed by atoms with Crippen molar-refractivity contribution in [1.29, 1.82) is 0 Å². The van der Waals surface area contributed by atoms with Crippen molar-refractivity contribution in [3.05, 3.63) is 0 Å². The molecule has 18 unspecified atom stereocenters. The van der Waals surface area contributed by atoms with Gasteiger partial charge in [0.25, 0.3) is 0 Å². The Labute approximate surface area is 367 Å². The highest BCUT2D eigenvalue weighted by molar-refractivity contribution is 6.94. The average Bonchev–Trinajstić information content (AvgIpc) is 4.00. The van der Waals surface area contributed by atoms with E-state index in [9.17, 15) is 0 Å². The maximum absolute atomic E-state index is 7.96. The Morgan fingerprint density at radius 1 is 0.267 bits per heavy atom. The lowest BCUT2D eigenvalue weighted by Crippen LogP contribution is -2.67. The number of ether oxygens (including phenoxy) is 5. The summed E-state index contributed by atoms with van der Waals surface area (Å²) >= 11 is 0. The third kappa shape index (κ3) is 10.6. The first kappa shape index (κ1) is 43.3. The van der Waals surface area contributed by atoms with Crippen LogP contribution in [0, 0.1) is 29.6 Å². The van der Waals surface area contributed by atoms with E-state index in [1.54, 1.807) is 0 Å². The molecule has 11 fully saturated rings. The van der Waals surface area contributed by atoms with Gasteiger partial charge < -0.3 is 44.3 Å². The number of hydrogen-bond donors (Lipinski definition) is 0. The normalized spacial score (nSPS) is 55.2. The van der Waals surface area contributed by atoms with Crippen LogP contribution in [0.1, 0.15) is 128 Å². The van der Waals surface area contributed by atoms with Gasteiger partial charge in [-0.25, -0.2) is 0 Å². The second kappa shape index (κ2) is 16.8. The summed E-state index contributed by atoms with van der Waals surface area (Å²) in [5.41, 5.74) is 0. The first-order chi connectivity index (χ1) is 28.8. The molecule has 0 amide bonds. The minimum Gasteiger partial charge on any atom is -0.416 e. The zero-order chi connectivity index (χ0) is 40.9. The van der Waals surface area contributed by atoms with Crippen molar-refractivity contribution in [2.24, 2.45) is 29.6 Å². The predicted molar refractivity (Wildman–Crippen MR) is 241 cm³/mol. The Kier molecular flexibility index (Phi) is 12.1. The third-order valence-electron chi connectivity index (χ3n) is 17.8. The molecular weight excluding hydrogens is 841 g/mol. The van der Waals surface area contributed by atoms with Crippen LogP contribution in [0.4, 0.5) is 0 Å². The van der Waals surface area contributed by atoms with Gasteiger partial charge >= 0.3 is 42.8 Å². The number of epoxide rings is 5. The van der Waals surface area contributed by atoms with Crippen LogP contribution in [0.5, 0.6) is 0 Å². The van der Waals surface area contributed by atoms with E-state index in [4.69, 9.17) is 44.3 Å². The van der Waals surface area contributed by atoms with Crippen LogP contribution in [0.2, 0.25) is 63.0 Å². The van der Waals surface area contributed by atoms with Crippen LogP contribution < -0.4 is 0 Å². The van der Waals surface area contributed by atoms with Crippen LogP contribution in [-0.4, -0.2) is 104 Å². The largest absolute Gasteiger partial charge is 0.416 e. The molecule has 10 nitrogen and oxygen atoms in total. The highest BCUT2D eigenvalue weighted by Gasteiger charge is 2.59. The third-order valence-corrected chi connectivity index (χ3v) is 41.0. The summed E-state index contributed by atoms with van der Waals surface area (Å²) in [6.07, 6.45) is 29.3. The minimum atomic E-state index is -2.82. The fourth-order valence-electron chi connectivity index (χ4n) is 14.0. The van der Waals surface area contributed by atoms with Gasteiger partial charge in [-0.1, -0.05) is 0 Å². The second-order valence-corrected chi connectivity index (χ2v) is 41.3. The summed E-state index contributed by atoms with van der Waals surface area (Å²) in [5.74, 6) is 3.42. The summed E-state index contributed by atoms with van der Waals surface area (Å²) < 4.78 is 70.0. The molecule has 0 aromatic carbocycles. The fourth-order valence-corrected chi connectivity index (χ4v) is 43.7. The predicted octanol–water partition coefficient (Wildman–Crippen LogP) is 10.2. The molecule has 6 heterocycles. The Hall–Kier alpha value is 0.684. The molecule has 0 aromatic heterocycles. The monoisotopic (exact) mass is 920 g/mol.